The predicted molar refractivity (Wildman–Crippen MR) is 28.7 cm³/mol. The Morgan fingerprint density at radius 2 is 2.29 bits per heavy atom. The molecule has 1 aliphatic carbocycles. The van der Waals surface area contributed by atoms with Gasteiger partial charge in [-0.25, -0.2) is 0 Å². The highest BCUT2D eigenvalue weighted by molar-refractivity contribution is 5.01. The molecule has 1 rings (SSSR count). The lowest BCUT2D eigenvalue weighted by molar-refractivity contribution is 0.175. The number of hydrogen-bond donors (Lipinski definition) is 1. The smallest absolute Gasteiger partial charge is 0.0580 e. The molecule has 1 N–H and O–H groups in total. The van der Waals surface area contributed by atoms with Crippen molar-refractivity contribution < 1.29 is 5.11 Å². The predicted octanol–water partition coefficient (Wildman–Crippen LogP) is 0.902. The van der Waals surface area contributed by atoms with Crippen LogP contribution in [0.15, 0.2) is 12.2 Å². The van der Waals surface area contributed by atoms with Crippen molar-refractivity contribution in [3.8, 4) is 0 Å². The Hall–Kier alpha value is -0.300. The summed E-state index contributed by atoms with van der Waals surface area (Å²) < 4.78 is 0. The molecule has 0 bridgehead atoms. The van der Waals surface area contributed by atoms with E-state index in [2.05, 4.69) is 0 Å². The second kappa shape index (κ2) is 2.12. The van der Waals surface area contributed by atoms with Crippen molar-refractivity contribution in [2.24, 2.45) is 0 Å². The van der Waals surface area contributed by atoms with E-state index in [1.54, 1.807) is 0 Å². The summed E-state index contributed by atoms with van der Waals surface area (Å²) in [4.78, 5) is 0. The van der Waals surface area contributed by atoms with E-state index < -0.39 is 0 Å². The zero-order valence-corrected chi connectivity index (χ0v) is 4.17. The molecule has 0 aromatic rings. The van der Waals surface area contributed by atoms with Crippen LogP contribution in [-0.2, 0) is 0 Å². The molecule has 39 valence electrons. The molecular weight excluding hydrogens is 88.1 g/mol. The minimum atomic E-state index is -0.106. The molecule has 1 nitrogen and oxygen atoms in total. The summed E-state index contributed by atoms with van der Waals surface area (Å²) in [5.74, 6) is 0. The van der Waals surface area contributed by atoms with Crippen molar-refractivity contribution in [3.63, 3.8) is 0 Å². The summed E-state index contributed by atoms with van der Waals surface area (Å²) in [6.07, 6.45) is 7.51. The summed E-state index contributed by atoms with van der Waals surface area (Å²) in [5.41, 5.74) is 0. The Bertz CT molecular complexity index is 76.2. The fraction of sp³-hybridized carbons (Fsp3) is 0.500. The van der Waals surface area contributed by atoms with Crippen LogP contribution in [0.3, 0.4) is 0 Å². The lowest BCUT2D eigenvalue weighted by Gasteiger charge is -2.08. The highest BCUT2D eigenvalue weighted by Crippen LogP contribution is 2.07. The Labute approximate surface area is 43.7 Å². The van der Waals surface area contributed by atoms with E-state index in [9.17, 15) is 0 Å². The second-order valence-corrected chi connectivity index (χ2v) is 1.79. The van der Waals surface area contributed by atoms with Crippen molar-refractivity contribution in [2.45, 2.75) is 18.9 Å². The van der Waals surface area contributed by atoms with Gasteiger partial charge >= 0.3 is 0 Å². The number of rotatable bonds is 0. The lowest BCUT2D eigenvalue weighted by Crippen LogP contribution is -2.06. The molecule has 1 unspecified atom stereocenters. The fourth-order valence-corrected chi connectivity index (χ4v) is 0.664. The van der Waals surface area contributed by atoms with Gasteiger partial charge in [0.1, 0.15) is 0 Å². The third-order valence-electron chi connectivity index (χ3n) is 1.09. The summed E-state index contributed by atoms with van der Waals surface area (Å²) in [6, 6.07) is 0. The van der Waals surface area contributed by atoms with Crippen LogP contribution in [0.4, 0.5) is 0 Å². The normalized spacial score (nSPS) is 30.7. The first-order valence-electron chi connectivity index (χ1n) is 2.56. The Morgan fingerprint density at radius 3 is 2.57 bits per heavy atom. The molecule has 0 saturated carbocycles. The van der Waals surface area contributed by atoms with E-state index >= 15 is 0 Å². The van der Waals surface area contributed by atoms with E-state index in [1.807, 2.05) is 18.6 Å². The van der Waals surface area contributed by atoms with E-state index in [0.717, 1.165) is 12.8 Å². The van der Waals surface area contributed by atoms with E-state index in [-0.39, 0.29) is 6.10 Å². The van der Waals surface area contributed by atoms with E-state index in [4.69, 9.17) is 5.11 Å². The number of hydrogen-bond acceptors (Lipinski definition) is 1. The molecule has 0 aromatic carbocycles. The minimum absolute atomic E-state index is 0.106. The molecule has 1 radical (unpaired) electrons. The van der Waals surface area contributed by atoms with Crippen molar-refractivity contribution in [1.82, 2.24) is 0 Å². The monoisotopic (exact) mass is 97.1 g/mol. The third-order valence-corrected chi connectivity index (χ3v) is 1.09. The molecule has 0 amide bonds. The molecular formula is C6H9O. The maximum Gasteiger partial charge on any atom is 0.0580 e. The van der Waals surface area contributed by atoms with Crippen LogP contribution in [0.1, 0.15) is 12.8 Å². The zero-order chi connectivity index (χ0) is 5.11. The van der Waals surface area contributed by atoms with Crippen molar-refractivity contribution in [2.75, 3.05) is 0 Å². The van der Waals surface area contributed by atoms with Crippen molar-refractivity contribution >= 4 is 0 Å². The van der Waals surface area contributed by atoms with E-state index in [1.165, 1.54) is 0 Å². The molecule has 0 spiro atoms. The summed E-state index contributed by atoms with van der Waals surface area (Å²) in [7, 11) is 0. The molecule has 0 aromatic heterocycles. The lowest BCUT2D eigenvalue weighted by atomic mass is 10.1. The maximum absolute atomic E-state index is 8.83. The van der Waals surface area contributed by atoms with Crippen molar-refractivity contribution in [1.29, 1.82) is 0 Å². The first kappa shape index (κ1) is 4.85. The summed E-state index contributed by atoms with van der Waals surface area (Å²) in [6.45, 7) is 0. The maximum atomic E-state index is 8.83. The molecule has 0 fully saturated rings. The zero-order valence-electron chi connectivity index (χ0n) is 4.17. The van der Waals surface area contributed by atoms with Gasteiger partial charge in [-0.3, -0.25) is 0 Å². The van der Waals surface area contributed by atoms with Gasteiger partial charge in [0, 0.05) is 0 Å². The molecule has 0 saturated heterocycles. The minimum Gasteiger partial charge on any atom is -0.393 e. The topological polar surface area (TPSA) is 20.2 Å². The van der Waals surface area contributed by atoms with E-state index in [0.29, 0.717) is 0 Å². The van der Waals surface area contributed by atoms with Crippen LogP contribution >= 0.6 is 0 Å². The molecule has 1 atom stereocenters. The molecule has 0 heterocycles. The Balaban J connectivity index is 2.32. The number of aliphatic hydroxyl groups is 1. The number of allylic oxidation sites excluding steroid dienone is 1. The fourth-order valence-electron chi connectivity index (χ4n) is 0.664. The summed E-state index contributed by atoms with van der Waals surface area (Å²) in [5, 5.41) is 8.83. The van der Waals surface area contributed by atoms with Gasteiger partial charge in [-0.05, 0) is 19.3 Å². The van der Waals surface area contributed by atoms with Gasteiger partial charge in [0.25, 0.3) is 0 Å². The van der Waals surface area contributed by atoms with Crippen LogP contribution < -0.4 is 0 Å². The van der Waals surface area contributed by atoms with Gasteiger partial charge in [-0.15, -0.1) is 0 Å². The van der Waals surface area contributed by atoms with Crippen LogP contribution in [0, 0.1) is 6.42 Å². The largest absolute Gasteiger partial charge is 0.393 e. The molecule has 7 heavy (non-hydrogen) atoms. The second-order valence-electron chi connectivity index (χ2n) is 1.79. The SMILES string of the molecule is OC1C[CH]C=CC1. The number of aliphatic hydroxyl groups excluding tert-OH is 1. The third kappa shape index (κ3) is 1.32. The van der Waals surface area contributed by atoms with Crippen LogP contribution in [0.25, 0.3) is 0 Å². The average molecular weight is 97.1 g/mol. The highest BCUT2D eigenvalue weighted by Gasteiger charge is 2.02. The first-order chi connectivity index (χ1) is 3.39. The van der Waals surface area contributed by atoms with Gasteiger partial charge < -0.3 is 5.11 Å². The highest BCUT2D eigenvalue weighted by atomic mass is 16.3. The Morgan fingerprint density at radius 1 is 1.43 bits per heavy atom. The van der Waals surface area contributed by atoms with Crippen LogP contribution in [0.2, 0.25) is 0 Å². The summed E-state index contributed by atoms with van der Waals surface area (Å²) >= 11 is 0. The molecule has 0 aliphatic heterocycles. The van der Waals surface area contributed by atoms with Gasteiger partial charge in [0.05, 0.1) is 6.10 Å². The van der Waals surface area contributed by atoms with Gasteiger partial charge in [-0.1, -0.05) is 12.2 Å². The average Bonchev–Trinajstić information content (AvgIpc) is 1.69. The van der Waals surface area contributed by atoms with Crippen molar-refractivity contribution in [3.05, 3.63) is 18.6 Å². The first-order valence-corrected chi connectivity index (χ1v) is 2.56. The quantitative estimate of drug-likeness (QED) is 0.476. The molecule has 1 heteroatoms. The standard InChI is InChI=1S/C6H9O/c7-6-4-2-1-3-5-6/h1-3,6-7H,4-5H2. The van der Waals surface area contributed by atoms with Crippen LogP contribution in [0.5, 0.6) is 0 Å². The van der Waals surface area contributed by atoms with Gasteiger partial charge in [0.15, 0.2) is 0 Å². The van der Waals surface area contributed by atoms with Crippen LogP contribution in [-0.4, -0.2) is 11.2 Å². The van der Waals surface area contributed by atoms with Gasteiger partial charge in [0.2, 0.25) is 0 Å². The molecule has 1 aliphatic rings. The van der Waals surface area contributed by atoms with Gasteiger partial charge in [-0.2, -0.15) is 0 Å². The Kier molecular flexibility index (Phi) is 1.47.